The number of benzene rings is 3. The Labute approximate surface area is 200 Å². The van der Waals surface area contributed by atoms with Gasteiger partial charge in [-0.25, -0.2) is 9.24 Å². The molecule has 0 radical (unpaired) electrons. The molecule has 0 bridgehead atoms. The lowest BCUT2D eigenvalue weighted by molar-refractivity contribution is -0.123. The third-order valence-electron chi connectivity index (χ3n) is 6.13. The molecule has 2 aliphatic heterocycles. The van der Waals surface area contributed by atoms with Crippen molar-refractivity contribution in [1.29, 1.82) is 0 Å². The van der Waals surface area contributed by atoms with E-state index in [-0.39, 0.29) is 18.0 Å². The molecular weight excluding hydrogens is 453 g/mol. The summed E-state index contributed by atoms with van der Waals surface area (Å²) in [5.74, 6) is -0.320. The lowest BCUT2D eigenvalue weighted by Crippen LogP contribution is -2.50. The Balaban J connectivity index is 1.62. The average Bonchev–Trinajstić information content (AvgIpc) is 3.41. The number of carbonyl (C=O) groups is 2. The molecule has 1 unspecified atom stereocenters. The molecule has 0 N–H and O–H groups in total. The molecule has 3 aromatic rings. The standard InChI is InChI=1S/C26H20FN3O3S/c1-28-18-7-5-6-17(14-18)16-29-23-11-10-19(33-2)15-21(23)26(25(29)32)30(12-13-34-26)24(31)20-8-3-4-9-22(20)27/h3-11,14-15H,12-13,16H2,2H3. The summed E-state index contributed by atoms with van der Waals surface area (Å²) in [5, 5.41) is 0. The first-order valence-electron chi connectivity index (χ1n) is 10.7. The Morgan fingerprint density at radius 1 is 1.18 bits per heavy atom. The number of nitrogens with zero attached hydrogens (tertiary/aromatic N) is 3. The molecule has 1 atom stereocenters. The lowest BCUT2D eigenvalue weighted by atomic mass is 10.0. The largest absolute Gasteiger partial charge is 0.497 e. The van der Waals surface area contributed by atoms with Gasteiger partial charge in [0.05, 0.1) is 24.9 Å². The van der Waals surface area contributed by atoms with E-state index in [0.717, 1.165) is 5.56 Å². The van der Waals surface area contributed by atoms with Crippen LogP contribution in [0.15, 0.2) is 66.7 Å². The maximum atomic E-state index is 14.5. The summed E-state index contributed by atoms with van der Waals surface area (Å²) in [6.45, 7) is 7.83. The maximum Gasteiger partial charge on any atom is 0.268 e. The summed E-state index contributed by atoms with van der Waals surface area (Å²) in [6.07, 6.45) is 0. The summed E-state index contributed by atoms with van der Waals surface area (Å²) >= 11 is 1.37. The highest BCUT2D eigenvalue weighted by atomic mass is 32.2. The average molecular weight is 474 g/mol. The van der Waals surface area contributed by atoms with Crippen LogP contribution in [0.3, 0.4) is 0 Å². The summed E-state index contributed by atoms with van der Waals surface area (Å²) in [4.78, 5) is 32.9. The van der Waals surface area contributed by atoms with E-state index in [1.54, 1.807) is 48.4 Å². The van der Waals surface area contributed by atoms with E-state index in [9.17, 15) is 14.0 Å². The summed E-state index contributed by atoms with van der Waals surface area (Å²) < 4.78 is 19.9. The van der Waals surface area contributed by atoms with Gasteiger partial charge in [-0.3, -0.25) is 9.59 Å². The molecule has 3 aromatic carbocycles. The second kappa shape index (κ2) is 8.50. The van der Waals surface area contributed by atoms with Gasteiger partial charge in [0, 0.05) is 24.4 Å². The number of hydrogen-bond donors (Lipinski definition) is 0. The highest BCUT2D eigenvalue weighted by Gasteiger charge is 2.59. The van der Waals surface area contributed by atoms with Crippen LogP contribution in [-0.4, -0.2) is 36.1 Å². The van der Waals surface area contributed by atoms with Crippen LogP contribution < -0.4 is 9.64 Å². The van der Waals surface area contributed by atoms with Crippen LogP contribution in [0.4, 0.5) is 15.8 Å². The number of carbonyl (C=O) groups excluding carboxylic acids is 2. The zero-order chi connectivity index (χ0) is 23.9. The molecule has 0 saturated carbocycles. The predicted molar refractivity (Wildman–Crippen MR) is 128 cm³/mol. The van der Waals surface area contributed by atoms with E-state index in [1.807, 2.05) is 12.1 Å². The van der Waals surface area contributed by atoms with Gasteiger partial charge in [0.1, 0.15) is 11.6 Å². The SMILES string of the molecule is [C-]#[N+]c1cccc(CN2C(=O)C3(SCCN3C(=O)c3ccccc3F)c3cc(OC)ccc32)c1. The van der Waals surface area contributed by atoms with Crippen molar-refractivity contribution in [2.75, 3.05) is 24.3 Å². The Morgan fingerprint density at radius 3 is 2.76 bits per heavy atom. The second-order valence-corrected chi connectivity index (χ2v) is 9.27. The van der Waals surface area contributed by atoms with Gasteiger partial charge in [0.25, 0.3) is 11.8 Å². The van der Waals surface area contributed by atoms with Crippen LogP contribution in [0, 0.1) is 12.4 Å². The van der Waals surface area contributed by atoms with E-state index in [1.165, 1.54) is 34.9 Å². The van der Waals surface area contributed by atoms with Crippen molar-refractivity contribution in [1.82, 2.24) is 4.90 Å². The van der Waals surface area contributed by atoms with Crippen molar-refractivity contribution in [2.24, 2.45) is 0 Å². The minimum atomic E-state index is -1.32. The Hall–Kier alpha value is -3.83. The van der Waals surface area contributed by atoms with Gasteiger partial charge in [0.15, 0.2) is 10.6 Å². The maximum absolute atomic E-state index is 14.5. The number of thioether (sulfide) groups is 1. The molecule has 2 aliphatic rings. The zero-order valence-corrected chi connectivity index (χ0v) is 19.1. The molecule has 1 spiro atoms. The van der Waals surface area contributed by atoms with Crippen LogP contribution >= 0.6 is 11.8 Å². The number of fused-ring (bicyclic) bond motifs is 2. The molecule has 170 valence electrons. The first-order chi connectivity index (χ1) is 16.5. The Morgan fingerprint density at radius 2 is 2.00 bits per heavy atom. The molecule has 2 amide bonds. The lowest BCUT2D eigenvalue weighted by Gasteiger charge is -2.33. The van der Waals surface area contributed by atoms with E-state index in [4.69, 9.17) is 11.3 Å². The fourth-order valence-electron chi connectivity index (χ4n) is 4.57. The highest BCUT2D eigenvalue weighted by Crippen LogP contribution is 2.55. The number of hydrogen-bond acceptors (Lipinski definition) is 4. The summed E-state index contributed by atoms with van der Waals surface area (Å²) in [6, 6.07) is 18.3. The molecule has 0 aliphatic carbocycles. The zero-order valence-electron chi connectivity index (χ0n) is 18.3. The van der Waals surface area contributed by atoms with Gasteiger partial charge in [-0.2, -0.15) is 0 Å². The molecular formula is C26H20FN3O3S. The fraction of sp³-hybridized carbons (Fsp3) is 0.192. The smallest absolute Gasteiger partial charge is 0.268 e. The molecule has 34 heavy (non-hydrogen) atoms. The van der Waals surface area contributed by atoms with Gasteiger partial charge in [-0.05, 0) is 35.9 Å². The van der Waals surface area contributed by atoms with Crippen molar-refractivity contribution >= 4 is 35.0 Å². The molecule has 5 rings (SSSR count). The van der Waals surface area contributed by atoms with Crippen molar-refractivity contribution in [3.8, 4) is 5.75 Å². The minimum Gasteiger partial charge on any atom is -0.497 e. The first-order valence-corrected chi connectivity index (χ1v) is 11.7. The molecule has 1 fully saturated rings. The van der Waals surface area contributed by atoms with E-state index < -0.39 is 16.6 Å². The fourth-order valence-corrected chi connectivity index (χ4v) is 6.02. The van der Waals surface area contributed by atoms with Gasteiger partial charge < -0.3 is 14.5 Å². The van der Waals surface area contributed by atoms with Crippen molar-refractivity contribution in [3.63, 3.8) is 0 Å². The van der Waals surface area contributed by atoms with Crippen LogP contribution in [0.2, 0.25) is 0 Å². The van der Waals surface area contributed by atoms with E-state index >= 15 is 0 Å². The van der Waals surface area contributed by atoms with Crippen LogP contribution in [0.25, 0.3) is 4.85 Å². The molecule has 1 saturated heterocycles. The Kier molecular flexibility index (Phi) is 5.50. The highest BCUT2D eigenvalue weighted by molar-refractivity contribution is 8.01. The topological polar surface area (TPSA) is 54.2 Å². The van der Waals surface area contributed by atoms with Crippen molar-refractivity contribution in [3.05, 3.63) is 101 Å². The van der Waals surface area contributed by atoms with Gasteiger partial charge >= 0.3 is 0 Å². The van der Waals surface area contributed by atoms with Gasteiger partial charge in [0.2, 0.25) is 0 Å². The van der Waals surface area contributed by atoms with Gasteiger partial charge in [-0.1, -0.05) is 36.4 Å². The monoisotopic (exact) mass is 473 g/mol. The summed E-state index contributed by atoms with van der Waals surface area (Å²) in [7, 11) is 1.54. The number of amides is 2. The van der Waals surface area contributed by atoms with Crippen molar-refractivity contribution < 1.29 is 18.7 Å². The number of rotatable bonds is 4. The first kappa shape index (κ1) is 22.0. The van der Waals surface area contributed by atoms with Crippen molar-refractivity contribution in [2.45, 2.75) is 11.4 Å². The normalized spacial score (nSPS) is 18.8. The van der Waals surface area contributed by atoms with Crippen LogP contribution in [-0.2, 0) is 16.2 Å². The minimum absolute atomic E-state index is 0.0650. The number of methoxy groups -OCH3 is 1. The number of ether oxygens (including phenoxy) is 1. The van der Waals surface area contributed by atoms with E-state index in [2.05, 4.69) is 4.85 Å². The predicted octanol–water partition coefficient (Wildman–Crippen LogP) is 4.97. The van der Waals surface area contributed by atoms with Crippen LogP contribution in [0.5, 0.6) is 5.75 Å². The molecule has 8 heteroatoms. The number of halogens is 1. The van der Waals surface area contributed by atoms with Gasteiger partial charge in [-0.15, -0.1) is 11.8 Å². The summed E-state index contributed by atoms with van der Waals surface area (Å²) in [5.41, 5.74) is 2.53. The Bertz CT molecular complexity index is 1360. The molecule has 0 aromatic heterocycles. The van der Waals surface area contributed by atoms with Crippen LogP contribution in [0.1, 0.15) is 21.5 Å². The number of anilines is 1. The molecule has 6 nitrogen and oxygen atoms in total. The third kappa shape index (κ3) is 3.32. The quantitative estimate of drug-likeness (QED) is 0.502. The van der Waals surface area contributed by atoms with E-state index in [0.29, 0.717) is 35.0 Å². The third-order valence-corrected chi connectivity index (χ3v) is 7.55. The molecule has 2 heterocycles. The second-order valence-electron chi connectivity index (χ2n) is 7.99.